The van der Waals surface area contributed by atoms with Gasteiger partial charge in [-0.15, -0.1) is 0 Å². The van der Waals surface area contributed by atoms with Gasteiger partial charge in [0.25, 0.3) is 17.7 Å². The van der Waals surface area contributed by atoms with Crippen molar-refractivity contribution in [3.63, 3.8) is 0 Å². The molecule has 59 heavy (non-hydrogen) atoms. The van der Waals surface area contributed by atoms with Crippen LogP contribution in [0, 0.1) is 88.1 Å². The van der Waals surface area contributed by atoms with E-state index in [0.717, 1.165) is 18.9 Å². The molecule has 0 bridgehead atoms. The van der Waals surface area contributed by atoms with Crippen molar-refractivity contribution in [1.82, 2.24) is 0 Å². The topological polar surface area (TPSA) is 212 Å². The number of amides is 3. The summed E-state index contributed by atoms with van der Waals surface area (Å²) in [5.41, 5.74) is 3.48. The van der Waals surface area contributed by atoms with Gasteiger partial charge in [-0.25, -0.2) is 0 Å². The van der Waals surface area contributed by atoms with E-state index in [9.17, 15) is 44.1 Å². The van der Waals surface area contributed by atoms with E-state index in [-0.39, 0.29) is 106 Å². The van der Waals surface area contributed by atoms with Crippen LogP contribution in [0.4, 0.5) is 17.1 Å². The van der Waals surface area contributed by atoms with Crippen LogP contribution in [-0.4, -0.2) is 70.2 Å². The summed E-state index contributed by atoms with van der Waals surface area (Å²) in [6.07, 6.45) is 3.45. The van der Waals surface area contributed by atoms with E-state index >= 15 is 0 Å². The number of aliphatic hydroxyl groups excluding tert-OH is 3. The minimum Gasteiger partial charge on any atom is -0.467 e. The van der Waals surface area contributed by atoms with Crippen LogP contribution < -0.4 is 14.7 Å². The van der Waals surface area contributed by atoms with Crippen molar-refractivity contribution < 1.29 is 145 Å². The van der Waals surface area contributed by atoms with E-state index in [1.807, 2.05) is 0 Å². The standard InChI is InChI=1S/3C14H11NO4.2Ac/c3*16-8-9-3-5-10(6-4-9)15-12(13(17)14(15)18)11-2-1-7-19-11;;/h3*1-8,12-13,17H;;/t3*12-,13+;;/m100../s1. The van der Waals surface area contributed by atoms with E-state index < -0.39 is 36.4 Å². The van der Waals surface area contributed by atoms with Gasteiger partial charge in [0, 0.05) is 122 Å². The number of carbonyl (C=O) groups excluding carboxylic acids is 6. The molecule has 3 aliphatic rings. The summed E-state index contributed by atoms with van der Waals surface area (Å²) in [6.45, 7) is 0. The van der Waals surface area contributed by atoms with E-state index in [0.29, 0.717) is 51.0 Å². The Bertz CT molecular complexity index is 2090. The van der Waals surface area contributed by atoms with Crippen molar-refractivity contribution >= 4 is 53.6 Å². The fraction of sp³-hybridized carbons (Fsp3) is 0.143. The molecule has 6 atom stereocenters. The van der Waals surface area contributed by atoms with Crippen LogP contribution in [0.5, 0.6) is 0 Å². The number of furan rings is 3. The van der Waals surface area contributed by atoms with Crippen LogP contribution in [-0.2, 0) is 14.4 Å². The number of aliphatic hydroxyl groups is 3. The number of hydrogen-bond acceptors (Lipinski definition) is 12. The third-order valence-electron chi connectivity index (χ3n) is 9.63. The Morgan fingerprint density at radius 1 is 0.407 bits per heavy atom. The number of rotatable bonds is 9. The molecule has 0 unspecified atom stereocenters. The molecule has 0 aliphatic carbocycles. The summed E-state index contributed by atoms with van der Waals surface area (Å²) < 4.78 is 15.7. The van der Waals surface area contributed by atoms with Crippen LogP contribution in [0.25, 0.3) is 0 Å². The molecule has 9 rings (SSSR count). The quantitative estimate of drug-likeness (QED) is 0.134. The van der Waals surface area contributed by atoms with Crippen molar-refractivity contribution in [2.45, 2.75) is 36.4 Å². The van der Waals surface area contributed by atoms with Gasteiger partial charge in [-0.05, 0) is 109 Å². The number of anilines is 3. The van der Waals surface area contributed by atoms with Crippen LogP contribution >= 0.6 is 0 Å². The Morgan fingerprint density at radius 3 is 0.831 bits per heavy atom. The molecule has 3 aromatic carbocycles. The predicted molar refractivity (Wildman–Crippen MR) is 200 cm³/mol. The minimum atomic E-state index is -1.09. The molecule has 0 saturated carbocycles. The molecule has 2 radical (unpaired) electrons. The maximum atomic E-state index is 11.8. The van der Waals surface area contributed by atoms with Gasteiger partial charge in [-0.1, -0.05) is 0 Å². The molecule has 17 heteroatoms. The van der Waals surface area contributed by atoms with E-state index in [4.69, 9.17) is 13.3 Å². The zero-order valence-electron chi connectivity index (χ0n) is 30.8. The molecule has 3 fully saturated rings. The van der Waals surface area contributed by atoms with E-state index in [2.05, 4.69) is 0 Å². The van der Waals surface area contributed by atoms with Gasteiger partial charge in [0.1, 0.15) is 54.3 Å². The SMILES string of the molecule is O=Cc1ccc(N2C(=O)[C@@H](O)[C@H]2c2ccco2)cc1.O=Cc1ccc(N2C(=O)[C@H](O)[C@@H]2c2ccco2)cc1.O=Cc1ccc(N2C(=O)[C@H](O)[C@@H]2c2ccco2)cc1.[Ac].[Ac]. The van der Waals surface area contributed by atoms with Crippen molar-refractivity contribution in [2.75, 3.05) is 14.7 Å². The number of aldehydes is 3. The Balaban J connectivity index is 0.000000165. The van der Waals surface area contributed by atoms with E-state index in [1.165, 1.54) is 33.5 Å². The van der Waals surface area contributed by atoms with Crippen LogP contribution in [0.1, 0.15) is 66.5 Å². The fourth-order valence-electron chi connectivity index (χ4n) is 6.65. The molecule has 6 aromatic rings. The number of nitrogens with zero attached hydrogens (tertiary/aromatic N) is 3. The number of hydrogen-bond donors (Lipinski definition) is 3. The summed E-state index contributed by atoms with van der Waals surface area (Å²) in [5, 5.41) is 29.3. The number of carbonyl (C=O) groups is 6. The molecule has 15 nitrogen and oxygen atoms in total. The monoisotopic (exact) mass is 1230 g/mol. The zero-order valence-corrected chi connectivity index (χ0v) is 40.3. The van der Waals surface area contributed by atoms with Crippen molar-refractivity contribution in [1.29, 1.82) is 0 Å². The average Bonchev–Trinajstić information content (AvgIpc) is 4.09. The Kier molecular flexibility index (Phi) is 15.7. The molecular weight excluding hydrogens is 1190 g/mol. The van der Waals surface area contributed by atoms with Gasteiger partial charge in [-0.2, -0.15) is 0 Å². The first-order chi connectivity index (χ1) is 27.7. The normalized spacial score (nSPS) is 21.4. The maximum Gasteiger partial charge on any atom is 0.259 e. The Labute approximate surface area is 407 Å². The van der Waals surface area contributed by atoms with Gasteiger partial charge in [0.2, 0.25) is 0 Å². The van der Waals surface area contributed by atoms with E-state index in [1.54, 1.807) is 109 Å². The minimum absolute atomic E-state index is 0. The number of β-lactam (4-membered cyclic amide) rings is 3. The smallest absolute Gasteiger partial charge is 0.259 e. The van der Waals surface area contributed by atoms with Gasteiger partial charge >= 0.3 is 0 Å². The molecule has 3 saturated heterocycles. The molecule has 3 aromatic heterocycles. The Morgan fingerprint density at radius 2 is 0.644 bits per heavy atom. The van der Waals surface area contributed by atoms with Crippen molar-refractivity contribution in [2.24, 2.45) is 0 Å². The van der Waals surface area contributed by atoms with Crippen LogP contribution in [0.2, 0.25) is 0 Å². The first-order valence-electron chi connectivity index (χ1n) is 17.5. The van der Waals surface area contributed by atoms with Crippen molar-refractivity contribution in [3.8, 4) is 0 Å². The summed E-state index contributed by atoms with van der Waals surface area (Å²) in [6, 6.07) is 28.5. The predicted octanol–water partition coefficient (Wildman–Crippen LogP) is 4.62. The molecule has 3 aliphatic heterocycles. The third-order valence-corrected chi connectivity index (χ3v) is 9.63. The maximum absolute atomic E-state index is 11.8. The summed E-state index contributed by atoms with van der Waals surface area (Å²) >= 11 is 0. The molecule has 6 heterocycles. The molecule has 3 N–H and O–H groups in total. The van der Waals surface area contributed by atoms with Crippen LogP contribution in [0.15, 0.2) is 141 Å². The summed E-state index contributed by atoms with van der Waals surface area (Å²) in [7, 11) is 0. The Hall–Kier alpha value is -4.32. The largest absolute Gasteiger partial charge is 0.467 e. The van der Waals surface area contributed by atoms with Crippen LogP contribution in [0.3, 0.4) is 0 Å². The summed E-state index contributed by atoms with van der Waals surface area (Å²) in [5.74, 6) is 0.477. The van der Waals surface area contributed by atoms with Crippen molar-refractivity contribution in [3.05, 3.63) is 162 Å². The second-order valence-electron chi connectivity index (χ2n) is 13.0. The average molecular weight is 1230 g/mol. The second kappa shape index (κ2) is 20.3. The second-order valence-corrected chi connectivity index (χ2v) is 13.0. The fourth-order valence-corrected chi connectivity index (χ4v) is 6.65. The van der Waals surface area contributed by atoms with Gasteiger partial charge in [0.05, 0.1) is 18.8 Å². The van der Waals surface area contributed by atoms with Gasteiger partial charge < -0.3 is 28.6 Å². The molecular formula is C42H33Ac2N3O12. The number of benzene rings is 3. The first kappa shape index (κ1) is 45.8. The van der Waals surface area contributed by atoms with Gasteiger partial charge in [0.15, 0.2) is 18.3 Å². The zero-order chi connectivity index (χ0) is 40.2. The van der Waals surface area contributed by atoms with Gasteiger partial charge in [-0.3, -0.25) is 43.5 Å². The third kappa shape index (κ3) is 9.22. The molecule has 0 spiro atoms. The molecule has 3 amide bonds. The molecule has 294 valence electrons. The first-order valence-corrected chi connectivity index (χ1v) is 17.5. The summed E-state index contributed by atoms with van der Waals surface area (Å²) in [4.78, 5) is 71.5.